The van der Waals surface area contributed by atoms with Crippen LogP contribution in [0, 0.1) is 0 Å². The maximum atomic E-state index is 15.3. The molecule has 0 aliphatic heterocycles. The first-order valence-corrected chi connectivity index (χ1v) is 15.9. The number of aromatic nitrogens is 4. The lowest BCUT2D eigenvalue weighted by molar-refractivity contribution is 0.591. The van der Waals surface area contributed by atoms with Crippen LogP contribution in [0.3, 0.4) is 0 Å². The van der Waals surface area contributed by atoms with Crippen LogP contribution in [0.15, 0.2) is 140 Å². The molecule has 0 fully saturated rings. The van der Waals surface area contributed by atoms with E-state index in [4.69, 9.17) is 9.97 Å². The first kappa shape index (κ1) is 24.2. The standard InChI is InChI=1S/C37H23N4OP/c42-43(27-13-2-1-3-14-27,37-38-23-26-12-6-8-16-32(26)40-37)28-18-19-35-33(22-28)39-36-31-21-25-11-5-4-10-24(25)20-30(31)29-15-7-9-17-34(29)41(35)36/h1-23H. The molecular weight excluding hydrogens is 547 g/mol. The van der Waals surface area contributed by atoms with Gasteiger partial charge < -0.3 is 4.57 Å². The van der Waals surface area contributed by atoms with Crippen molar-refractivity contribution in [1.29, 1.82) is 0 Å². The Bertz CT molecular complexity index is 2610. The van der Waals surface area contributed by atoms with Crippen LogP contribution in [0.1, 0.15) is 0 Å². The highest BCUT2D eigenvalue weighted by atomic mass is 31.2. The Morgan fingerprint density at radius 1 is 0.512 bits per heavy atom. The van der Waals surface area contributed by atoms with Gasteiger partial charge in [-0.2, -0.15) is 0 Å². The van der Waals surface area contributed by atoms with Crippen molar-refractivity contribution in [1.82, 2.24) is 19.4 Å². The molecule has 9 rings (SSSR count). The molecule has 0 bridgehead atoms. The van der Waals surface area contributed by atoms with Crippen LogP contribution in [0.5, 0.6) is 0 Å². The lowest BCUT2D eigenvalue weighted by Crippen LogP contribution is -2.29. The SMILES string of the molecule is O=P(c1ccccc1)(c1ccc2c(c1)nc1c3cc4ccccc4cc3c3ccccc3n21)c1ncc2ccccc2n1. The second-order valence-corrected chi connectivity index (χ2v) is 13.5. The third-order valence-electron chi connectivity index (χ3n) is 8.44. The minimum Gasteiger partial charge on any atom is -0.305 e. The number of imidazole rings is 1. The van der Waals surface area contributed by atoms with E-state index in [0.29, 0.717) is 16.2 Å². The van der Waals surface area contributed by atoms with E-state index in [-0.39, 0.29) is 0 Å². The van der Waals surface area contributed by atoms with E-state index >= 15 is 4.57 Å². The van der Waals surface area contributed by atoms with Gasteiger partial charge in [0.15, 0.2) is 5.57 Å². The average molecular weight is 571 g/mol. The number of hydrogen-bond donors (Lipinski definition) is 0. The summed E-state index contributed by atoms with van der Waals surface area (Å²) in [6, 6.07) is 44.7. The van der Waals surface area contributed by atoms with Gasteiger partial charge in [-0.15, -0.1) is 0 Å². The summed E-state index contributed by atoms with van der Waals surface area (Å²) in [7, 11) is -3.43. The molecule has 9 aromatic rings. The molecule has 3 heterocycles. The Hall–Kier alpha value is -5.38. The molecule has 6 heteroatoms. The highest BCUT2D eigenvalue weighted by Gasteiger charge is 2.33. The molecule has 6 aromatic carbocycles. The van der Waals surface area contributed by atoms with E-state index in [0.717, 1.165) is 43.9 Å². The minimum atomic E-state index is -3.43. The number of hydrogen-bond acceptors (Lipinski definition) is 4. The average Bonchev–Trinajstić information content (AvgIpc) is 3.47. The predicted octanol–water partition coefficient (Wildman–Crippen LogP) is 7.53. The van der Waals surface area contributed by atoms with Gasteiger partial charge in [0.25, 0.3) is 0 Å². The van der Waals surface area contributed by atoms with Crippen molar-refractivity contribution in [3.8, 4) is 0 Å². The second kappa shape index (κ2) is 9.06. The highest BCUT2D eigenvalue weighted by Crippen LogP contribution is 2.42. The van der Waals surface area contributed by atoms with Crippen molar-refractivity contribution in [3.63, 3.8) is 0 Å². The molecule has 1 unspecified atom stereocenters. The van der Waals surface area contributed by atoms with E-state index in [9.17, 15) is 0 Å². The Morgan fingerprint density at radius 2 is 1.21 bits per heavy atom. The van der Waals surface area contributed by atoms with Crippen molar-refractivity contribution < 1.29 is 4.57 Å². The number of fused-ring (bicyclic) bond motifs is 10. The van der Waals surface area contributed by atoms with Gasteiger partial charge in [0.1, 0.15) is 5.65 Å². The number of pyridine rings is 1. The van der Waals surface area contributed by atoms with Gasteiger partial charge in [0.2, 0.25) is 7.14 Å². The van der Waals surface area contributed by atoms with E-state index in [1.807, 2.05) is 72.8 Å². The number of rotatable bonds is 3. The second-order valence-electron chi connectivity index (χ2n) is 10.9. The Balaban J connectivity index is 1.36. The first-order valence-electron chi connectivity index (χ1n) is 14.2. The zero-order valence-corrected chi connectivity index (χ0v) is 23.8. The van der Waals surface area contributed by atoms with E-state index in [1.165, 1.54) is 16.2 Å². The Morgan fingerprint density at radius 3 is 2.05 bits per heavy atom. The summed E-state index contributed by atoms with van der Waals surface area (Å²) in [6.07, 6.45) is 1.76. The summed E-state index contributed by atoms with van der Waals surface area (Å²) in [6.45, 7) is 0. The molecule has 0 aliphatic carbocycles. The summed E-state index contributed by atoms with van der Waals surface area (Å²) < 4.78 is 17.6. The maximum Gasteiger partial charge on any atom is 0.206 e. The number of nitrogens with zero attached hydrogens (tertiary/aromatic N) is 4. The summed E-state index contributed by atoms with van der Waals surface area (Å²) in [5.74, 6) is 0. The van der Waals surface area contributed by atoms with Gasteiger partial charge in [0, 0.05) is 33.0 Å². The summed E-state index contributed by atoms with van der Waals surface area (Å²) in [5, 5.41) is 8.03. The van der Waals surface area contributed by atoms with E-state index in [2.05, 4.69) is 70.0 Å². The normalized spacial score (nSPS) is 13.4. The van der Waals surface area contributed by atoms with Gasteiger partial charge in [-0.05, 0) is 58.6 Å². The van der Waals surface area contributed by atoms with Crippen LogP contribution in [0.25, 0.3) is 60.0 Å². The topological polar surface area (TPSA) is 60.2 Å². The highest BCUT2D eigenvalue weighted by molar-refractivity contribution is 7.85. The van der Waals surface area contributed by atoms with Crippen LogP contribution in [0.2, 0.25) is 0 Å². The molecule has 202 valence electrons. The van der Waals surface area contributed by atoms with Crippen LogP contribution in [-0.4, -0.2) is 19.4 Å². The third-order valence-corrected chi connectivity index (χ3v) is 11.3. The van der Waals surface area contributed by atoms with Crippen LogP contribution in [0.4, 0.5) is 0 Å². The number of benzene rings is 6. The summed E-state index contributed by atoms with van der Waals surface area (Å²) >= 11 is 0. The van der Waals surface area contributed by atoms with Gasteiger partial charge >= 0.3 is 0 Å². The van der Waals surface area contributed by atoms with E-state index in [1.54, 1.807) is 6.20 Å². The molecule has 0 radical (unpaired) electrons. The molecule has 0 spiro atoms. The van der Waals surface area contributed by atoms with Gasteiger partial charge in [-0.1, -0.05) is 91.0 Å². The molecule has 0 saturated heterocycles. The Labute approximate surface area is 246 Å². The third kappa shape index (κ3) is 3.52. The van der Waals surface area contributed by atoms with Crippen molar-refractivity contribution in [2.75, 3.05) is 0 Å². The Kier molecular flexibility index (Phi) is 5.11. The molecule has 0 saturated carbocycles. The van der Waals surface area contributed by atoms with Crippen LogP contribution in [-0.2, 0) is 4.57 Å². The lowest BCUT2D eigenvalue weighted by atomic mass is 10.0. The summed E-state index contributed by atoms with van der Waals surface area (Å²) in [4.78, 5) is 14.7. The molecule has 0 aliphatic rings. The van der Waals surface area contributed by atoms with Gasteiger partial charge in [-0.3, -0.25) is 4.40 Å². The summed E-state index contributed by atoms with van der Waals surface area (Å²) in [5.41, 5.74) is 4.79. The van der Waals surface area contributed by atoms with Crippen molar-refractivity contribution in [2.45, 2.75) is 0 Å². The fraction of sp³-hybridized carbons (Fsp3) is 0. The molecule has 1 atom stereocenters. The fourth-order valence-corrected chi connectivity index (χ4v) is 8.78. The van der Waals surface area contributed by atoms with Crippen LogP contribution >= 0.6 is 7.14 Å². The zero-order chi connectivity index (χ0) is 28.5. The lowest BCUT2D eigenvalue weighted by Gasteiger charge is -2.18. The molecule has 0 N–H and O–H groups in total. The van der Waals surface area contributed by atoms with E-state index < -0.39 is 7.14 Å². The minimum absolute atomic E-state index is 0.322. The molecule has 3 aromatic heterocycles. The fourth-order valence-electron chi connectivity index (χ4n) is 6.37. The first-order chi connectivity index (χ1) is 21.2. The number of para-hydroxylation sites is 2. The van der Waals surface area contributed by atoms with Gasteiger partial charge in [-0.25, -0.2) is 15.0 Å². The quantitative estimate of drug-likeness (QED) is 0.125. The zero-order valence-electron chi connectivity index (χ0n) is 22.9. The molecular formula is C37H23N4OP. The molecule has 0 amide bonds. The van der Waals surface area contributed by atoms with Gasteiger partial charge in [0.05, 0.1) is 22.1 Å². The van der Waals surface area contributed by atoms with Crippen LogP contribution < -0.4 is 16.2 Å². The molecule has 5 nitrogen and oxygen atoms in total. The smallest absolute Gasteiger partial charge is 0.206 e. The maximum absolute atomic E-state index is 15.3. The predicted molar refractivity (Wildman–Crippen MR) is 178 cm³/mol. The molecule has 43 heavy (non-hydrogen) atoms. The monoisotopic (exact) mass is 570 g/mol. The van der Waals surface area contributed by atoms with Crippen molar-refractivity contribution in [2.24, 2.45) is 0 Å². The largest absolute Gasteiger partial charge is 0.305 e. The van der Waals surface area contributed by atoms with Crippen molar-refractivity contribution >= 4 is 83.3 Å². The van der Waals surface area contributed by atoms with Crippen molar-refractivity contribution in [3.05, 3.63) is 140 Å².